The first-order valence-corrected chi connectivity index (χ1v) is 10.0. The summed E-state index contributed by atoms with van der Waals surface area (Å²) < 4.78 is 52.7. The van der Waals surface area contributed by atoms with Gasteiger partial charge in [0.1, 0.15) is 0 Å². The molecule has 3 aromatic rings. The van der Waals surface area contributed by atoms with Crippen LogP contribution in [0.5, 0.6) is 11.5 Å². The Labute approximate surface area is 175 Å². The second-order valence-electron chi connectivity index (χ2n) is 7.62. The van der Waals surface area contributed by atoms with E-state index in [-0.39, 0.29) is 30.5 Å². The summed E-state index contributed by atoms with van der Waals surface area (Å²) in [7, 11) is 0. The summed E-state index contributed by atoms with van der Waals surface area (Å²) in [5.74, 6) is 0.846. The number of carbonyl (C=O) groups is 1. The molecule has 2 aliphatic heterocycles. The fourth-order valence-corrected chi connectivity index (χ4v) is 3.96. The van der Waals surface area contributed by atoms with Gasteiger partial charge in [0.25, 0.3) is 0 Å². The Kier molecular flexibility index (Phi) is 4.71. The molecule has 31 heavy (non-hydrogen) atoms. The maximum absolute atomic E-state index is 13.8. The molecule has 5 rings (SSSR count). The standard InChI is InChI=1S/C21H19F3N4O3/c22-21(23,24)18-10-15(13-4-5-16-17(8-13)31-12-30-16)26-20-14(11-25-28(18)20)9-19(29)27-6-2-1-3-7-27/h4-5,8,10-11H,1-3,6-7,9,12H2. The van der Waals surface area contributed by atoms with Crippen LogP contribution in [0.2, 0.25) is 0 Å². The van der Waals surface area contributed by atoms with E-state index in [1.54, 1.807) is 23.1 Å². The lowest BCUT2D eigenvalue weighted by molar-refractivity contribution is -0.142. The maximum Gasteiger partial charge on any atom is 0.433 e. The molecule has 0 unspecified atom stereocenters. The number of carbonyl (C=O) groups excluding carboxylic acids is 1. The summed E-state index contributed by atoms with van der Waals surface area (Å²) in [6.45, 7) is 1.40. The number of piperidine rings is 1. The molecule has 0 N–H and O–H groups in total. The number of hydrogen-bond donors (Lipinski definition) is 0. The van der Waals surface area contributed by atoms with Crippen LogP contribution in [0.1, 0.15) is 30.5 Å². The number of ether oxygens (including phenoxy) is 2. The highest BCUT2D eigenvalue weighted by atomic mass is 19.4. The van der Waals surface area contributed by atoms with Crippen molar-refractivity contribution in [1.29, 1.82) is 0 Å². The highest BCUT2D eigenvalue weighted by molar-refractivity contribution is 5.81. The minimum atomic E-state index is -4.65. The average Bonchev–Trinajstić information content (AvgIpc) is 3.39. The molecular formula is C21H19F3N4O3. The summed E-state index contributed by atoms with van der Waals surface area (Å²) >= 11 is 0. The van der Waals surface area contributed by atoms with E-state index in [2.05, 4.69) is 10.1 Å². The monoisotopic (exact) mass is 432 g/mol. The number of halogens is 3. The Bertz CT molecular complexity index is 1150. The number of benzene rings is 1. The molecule has 2 aromatic heterocycles. The Morgan fingerprint density at radius 3 is 2.61 bits per heavy atom. The third-order valence-corrected chi connectivity index (χ3v) is 5.55. The van der Waals surface area contributed by atoms with Crippen LogP contribution in [0.4, 0.5) is 13.2 Å². The first kappa shape index (κ1) is 19.7. The highest BCUT2D eigenvalue weighted by Gasteiger charge is 2.36. The van der Waals surface area contributed by atoms with Crippen LogP contribution in [0.15, 0.2) is 30.5 Å². The van der Waals surface area contributed by atoms with Gasteiger partial charge in [0, 0.05) is 24.2 Å². The van der Waals surface area contributed by atoms with Gasteiger partial charge in [-0.3, -0.25) is 4.79 Å². The van der Waals surface area contributed by atoms with E-state index in [4.69, 9.17) is 9.47 Å². The van der Waals surface area contributed by atoms with E-state index < -0.39 is 11.9 Å². The second-order valence-corrected chi connectivity index (χ2v) is 7.62. The topological polar surface area (TPSA) is 69.0 Å². The fourth-order valence-electron chi connectivity index (χ4n) is 3.96. The van der Waals surface area contributed by atoms with E-state index >= 15 is 0 Å². The van der Waals surface area contributed by atoms with Crippen LogP contribution in [0.3, 0.4) is 0 Å². The molecular weight excluding hydrogens is 413 g/mol. The van der Waals surface area contributed by atoms with Crippen molar-refractivity contribution < 1.29 is 27.4 Å². The summed E-state index contributed by atoms with van der Waals surface area (Å²) in [4.78, 5) is 18.9. The summed E-state index contributed by atoms with van der Waals surface area (Å²) in [6, 6.07) is 5.80. The molecule has 1 amide bonds. The summed E-state index contributed by atoms with van der Waals surface area (Å²) in [5.41, 5.74) is -0.00425. The number of likely N-dealkylation sites (tertiary alicyclic amines) is 1. The minimum absolute atomic E-state index is 0.0212. The van der Waals surface area contributed by atoms with Gasteiger partial charge in [0.05, 0.1) is 18.3 Å². The van der Waals surface area contributed by atoms with Gasteiger partial charge in [-0.15, -0.1) is 0 Å². The lowest BCUT2D eigenvalue weighted by atomic mass is 10.1. The van der Waals surface area contributed by atoms with Crippen molar-refractivity contribution in [3.05, 3.63) is 41.7 Å². The van der Waals surface area contributed by atoms with Gasteiger partial charge >= 0.3 is 6.18 Å². The molecule has 0 spiro atoms. The van der Waals surface area contributed by atoms with Crippen molar-refractivity contribution in [3.63, 3.8) is 0 Å². The van der Waals surface area contributed by atoms with E-state index in [9.17, 15) is 18.0 Å². The van der Waals surface area contributed by atoms with Gasteiger partial charge in [-0.2, -0.15) is 18.3 Å². The first-order chi connectivity index (χ1) is 14.9. The Morgan fingerprint density at radius 1 is 1.06 bits per heavy atom. The largest absolute Gasteiger partial charge is 0.454 e. The number of fused-ring (bicyclic) bond motifs is 2. The molecule has 1 saturated heterocycles. The van der Waals surface area contributed by atoms with E-state index in [1.165, 1.54) is 6.20 Å². The SMILES string of the molecule is O=C(Cc1cnn2c(C(F)(F)F)cc(-c3ccc4c(c3)OCO4)nc12)N1CCCCC1. The zero-order chi connectivity index (χ0) is 21.6. The predicted molar refractivity (Wildman–Crippen MR) is 104 cm³/mol. The quantitative estimate of drug-likeness (QED) is 0.631. The van der Waals surface area contributed by atoms with Crippen LogP contribution in [-0.4, -0.2) is 45.3 Å². The fraction of sp³-hybridized carbons (Fsp3) is 0.381. The van der Waals surface area contributed by atoms with E-state index in [0.717, 1.165) is 29.8 Å². The van der Waals surface area contributed by atoms with E-state index in [0.29, 0.717) is 35.7 Å². The zero-order valence-electron chi connectivity index (χ0n) is 16.5. The smallest absolute Gasteiger partial charge is 0.433 e. The van der Waals surface area contributed by atoms with Gasteiger partial charge in [0.2, 0.25) is 12.7 Å². The molecule has 1 aromatic carbocycles. The Balaban J connectivity index is 1.57. The third kappa shape index (κ3) is 3.66. The van der Waals surface area contributed by atoms with Crippen LogP contribution in [0.25, 0.3) is 16.9 Å². The molecule has 10 heteroatoms. The van der Waals surface area contributed by atoms with Gasteiger partial charge < -0.3 is 14.4 Å². The number of hydrogen-bond acceptors (Lipinski definition) is 5. The minimum Gasteiger partial charge on any atom is -0.454 e. The lowest BCUT2D eigenvalue weighted by Crippen LogP contribution is -2.36. The van der Waals surface area contributed by atoms with Gasteiger partial charge in [-0.25, -0.2) is 9.50 Å². The Hall–Kier alpha value is -3.30. The van der Waals surface area contributed by atoms with Crippen molar-refractivity contribution in [2.45, 2.75) is 31.9 Å². The lowest BCUT2D eigenvalue weighted by Gasteiger charge is -2.26. The molecule has 7 nitrogen and oxygen atoms in total. The van der Waals surface area contributed by atoms with Crippen molar-refractivity contribution in [3.8, 4) is 22.8 Å². The van der Waals surface area contributed by atoms with Crippen LogP contribution in [-0.2, 0) is 17.4 Å². The van der Waals surface area contributed by atoms with Crippen molar-refractivity contribution >= 4 is 11.6 Å². The average molecular weight is 432 g/mol. The van der Waals surface area contributed by atoms with Gasteiger partial charge in [-0.1, -0.05) is 0 Å². The number of alkyl halides is 3. The molecule has 162 valence electrons. The van der Waals surface area contributed by atoms with Crippen molar-refractivity contribution in [2.75, 3.05) is 19.9 Å². The Morgan fingerprint density at radius 2 is 1.84 bits per heavy atom. The second kappa shape index (κ2) is 7.44. The molecule has 0 aliphatic carbocycles. The summed E-state index contributed by atoms with van der Waals surface area (Å²) in [5, 5.41) is 3.89. The number of rotatable bonds is 3. The normalized spacial score (nSPS) is 16.2. The molecule has 0 atom stereocenters. The molecule has 0 bridgehead atoms. The maximum atomic E-state index is 13.8. The highest BCUT2D eigenvalue weighted by Crippen LogP contribution is 2.37. The number of nitrogens with zero attached hydrogens (tertiary/aromatic N) is 4. The summed E-state index contributed by atoms with van der Waals surface area (Å²) in [6.07, 6.45) is -0.444. The van der Waals surface area contributed by atoms with Crippen LogP contribution < -0.4 is 9.47 Å². The van der Waals surface area contributed by atoms with E-state index in [1.807, 2.05) is 0 Å². The molecule has 0 radical (unpaired) electrons. The number of amides is 1. The molecule has 1 fully saturated rings. The third-order valence-electron chi connectivity index (χ3n) is 5.55. The van der Waals surface area contributed by atoms with Crippen molar-refractivity contribution in [1.82, 2.24) is 19.5 Å². The van der Waals surface area contributed by atoms with Crippen molar-refractivity contribution in [2.24, 2.45) is 0 Å². The van der Waals surface area contributed by atoms with Crippen LogP contribution >= 0.6 is 0 Å². The first-order valence-electron chi connectivity index (χ1n) is 10.0. The number of aromatic nitrogens is 3. The zero-order valence-corrected chi connectivity index (χ0v) is 16.5. The molecule has 4 heterocycles. The van der Waals surface area contributed by atoms with Gasteiger partial charge in [-0.05, 0) is 43.5 Å². The predicted octanol–water partition coefficient (Wildman–Crippen LogP) is 3.70. The van der Waals surface area contributed by atoms with Crippen LogP contribution in [0, 0.1) is 0 Å². The molecule has 2 aliphatic rings. The molecule has 0 saturated carbocycles. The van der Waals surface area contributed by atoms with Gasteiger partial charge in [0.15, 0.2) is 22.8 Å².